The Morgan fingerprint density at radius 3 is 2.65 bits per heavy atom. The molecule has 0 saturated carbocycles. The van der Waals surface area contributed by atoms with Crippen molar-refractivity contribution in [2.45, 2.75) is 32.7 Å². The Labute approximate surface area is 143 Å². The van der Waals surface area contributed by atoms with Crippen LogP contribution in [0, 0.1) is 0 Å². The number of benzene rings is 1. The van der Waals surface area contributed by atoms with E-state index >= 15 is 0 Å². The van der Waals surface area contributed by atoms with Crippen LogP contribution in [0.4, 0.5) is 0 Å². The van der Waals surface area contributed by atoms with E-state index in [1.54, 1.807) is 0 Å². The molecular formula is C17H24ClN3O2. The summed E-state index contributed by atoms with van der Waals surface area (Å²) >= 11 is 0. The van der Waals surface area contributed by atoms with E-state index in [1.807, 2.05) is 43.5 Å². The van der Waals surface area contributed by atoms with Crippen LogP contribution < -0.4 is 10.1 Å². The monoisotopic (exact) mass is 337 g/mol. The summed E-state index contributed by atoms with van der Waals surface area (Å²) in [6.07, 6.45) is 5.52. The van der Waals surface area contributed by atoms with Gasteiger partial charge in [-0.2, -0.15) is 4.98 Å². The number of nitrogens with one attached hydrogen (secondary N) is 1. The predicted octanol–water partition coefficient (Wildman–Crippen LogP) is 3.60. The van der Waals surface area contributed by atoms with Gasteiger partial charge in [-0.3, -0.25) is 0 Å². The zero-order valence-corrected chi connectivity index (χ0v) is 14.6. The molecule has 0 bridgehead atoms. The van der Waals surface area contributed by atoms with E-state index in [-0.39, 0.29) is 12.4 Å². The summed E-state index contributed by atoms with van der Waals surface area (Å²) in [4.78, 5) is 4.34. The number of nitrogens with zero attached hydrogens (tertiary/aromatic N) is 2. The highest BCUT2D eigenvalue weighted by molar-refractivity contribution is 5.85. The number of hydrogen-bond donors (Lipinski definition) is 1. The molecule has 0 radical (unpaired) electrons. The van der Waals surface area contributed by atoms with E-state index in [9.17, 15) is 0 Å². The van der Waals surface area contributed by atoms with Gasteiger partial charge in [0.05, 0.1) is 6.61 Å². The van der Waals surface area contributed by atoms with Gasteiger partial charge >= 0.3 is 0 Å². The Balaban J connectivity index is 0.00000264. The summed E-state index contributed by atoms with van der Waals surface area (Å²) in [6.45, 7) is 4.91. The summed E-state index contributed by atoms with van der Waals surface area (Å²) in [7, 11) is 1.92. The van der Waals surface area contributed by atoms with Crippen LogP contribution in [0.25, 0.3) is 12.2 Å². The van der Waals surface area contributed by atoms with Crippen molar-refractivity contribution in [2.24, 2.45) is 0 Å². The highest BCUT2D eigenvalue weighted by Crippen LogP contribution is 2.14. The molecule has 2 aromatic rings. The van der Waals surface area contributed by atoms with Crippen molar-refractivity contribution in [3.05, 3.63) is 41.5 Å². The second-order valence-corrected chi connectivity index (χ2v) is 5.19. The second-order valence-electron chi connectivity index (χ2n) is 5.19. The quantitative estimate of drug-likeness (QED) is 0.797. The summed E-state index contributed by atoms with van der Waals surface area (Å²) in [5.41, 5.74) is 1.06. The second kappa shape index (κ2) is 10.0. The first-order valence-corrected chi connectivity index (χ1v) is 7.62. The molecule has 1 N–H and O–H groups in total. The average Bonchev–Trinajstić information content (AvgIpc) is 2.99. The normalized spacial score (nSPS) is 12.1. The molecule has 1 aromatic heterocycles. The summed E-state index contributed by atoms with van der Waals surface area (Å²) in [5, 5.41) is 7.12. The van der Waals surface area contributed by atoms with Crippen molar-refractivity contribution in [2.75, 3.05) is 13.7 Å². The van der Waals surface area contributed by atoms with E-state index in [0.717, 1.165) is 30.8 Å². The molecule has 0 fully saturated rings. The van der Waals surface area contributed by atoms with Gasteiger partial charge in [0, 0.05) is 18.5 Å². The number of rotatable bonds is 8. The van der Waals surface area contributed by atoms with Crippen LogP contribution in [0.2, 0.25) is 0 Å². The molecule has 0 aliphatic rings. The van der Waals surface area contributed by atoms with Gasteiger partial charge in [-0.15, -0.1) is 12.4 Å². The predicted molar refractivity (Wildman–Crippen MR) is 94.9 cm³/mol. The fourth-order valence-corrected chi connectivity index (χ4v) is 1.86. The fourth-order valence-electron chi connectivity index (χ4n) is 1.86. The van der Waals surface area contributed by atoms with Gasteiger partial charge in [0.2, 0.25) is 0 Å². The first kappa shape index (κ1) is 19.2. The van der Waals surface area contributed by atoms with Gasteiger partial charge in [0.15, 0.2) is 5.82 Å². The Morgan fingerprint density at radius 2 is 2.00 bits per heavy atom. The third kappa shape index (κ3) is 6.42. The lowest BCUT2D eigenvalue weighted by atomic mass is 10.2. The lowest BCUT2D eigenvalue weighted by Crippen LogP contribution is -2.24. The molecular weight excluding hydrogens is 314 g/mol. The molecule has 2 rings (SSSR count). The van der Waals surface area contributed by atoms with E-state index in [1.165, 1.54) is 0 Å². The smallest absolute Gasteiger partial charge is 0.250 e. The first-order valence-electron chi connectivity index (χ1n) is 7.62. The van der Waals surface area contributed by atoms with E-state index in [4.69, 9.17) is 9.26 Å². The van der Waals surface area contributed by atoms with Crippen molar-refractivity contribution in [3.8, 4) is 5.75 Å². The zero-order chi connectivity index (χ0) is 15.8. The molecule has 6 heteroatoms. The topological polar surface area (TPSA) is 60.2 Å². The molecule has 1 heterocycles. The minimum atomic E-state index is 0. The lowest BCUT2D eigenvalue weighted by Gasteiger charge is -2.04. The van der Waals surface area contributed by atoms with Crippen LogP contribution in [0.3, 0.4) is 0 Å². The zero-order valence-electron chi connectivity index (χ0n) is 13.8. The third-order valence-electron chi connectivity index (χ3n) is 3.24. The van der Waals surface area contributed by atoms with Crippen LogP contribution in [0.5, 0.6) is 5.75 Å². The third-order valence-corrected chi connectivity index (χ3v) is 3.24. The molecule has 1 aromatic carbocycles. The molecule has 0 saturated heterocycles. The summed E-state index contributed by atoms with van der Waals surface area (Å²) in [6, 6.07) is 8.25. The minimum Gasteiger partial charge on any atom is -0.494 e. The Hall–Kier alpha value is -1.85. The maximum Gasteiger partial charge on any atom is 0.250 e. The van der Waals surface area contributed by atoms with Gasteiger partial charge in [-0.1, -0.05) is 24.2 Å². The maximum absolute atomic E-state index is 5.55. The number of halogens is 1. The Morgan fingerprint density at radius 1 is 1.26 bits per heavy atom. The maximum atomic E-state index is 5.55. The summed E-state index contributed by atoms with van der Waals surface area (Å²) < 4.78 is 10.8. The van der Waals surface area contributed by atoms with Gasteiger partial charge in [-0.05, 0) is 44.2 Å². The van der Waals surface area contributed by atoms with Gasteiger partial charge in [0.1, 0.15) is 5.75 Å². The van der Waals surface area contributed by atoms with Crippen LogP contribution in [-0.2, 0) is 6.42 Å². The largest absolute Gasteiger partial charge is 0.494 e. The van der Waals surface area contributed by atoms with Gasteiger partial charge in [0.25, 0.3) is 5.89 Å². The number of hydrogen-bond acceptors (Lipinski definition) is 5. The van der Waals surface area contributed by atoms with E-state index < -0.39 is 0 Å². The molecule has 0 spiro atoms. The molecule has 1 atom stereocenters. The number of aromatic nitrogens is 2. The van der Waals surface area contributed by atoms with Crippen LogP contribution in [0.1, 0.15) is 37.5 Å². The van der Waals surface area contributed by atoms with E-state index in [0.29, 0.717) is 17.8 Å². The van der Waals surface area contributed by atoms with E-state index in [2.05, 4.69) is 29.3 Å². The molecule has 1 unspecified atom stereocenters. The van der Waals surface area contributed by atoms with Crippen molar-refractivity contribution >= 4 is 24.6 Å². The number of ether oxygens (including phenoxy) is 1. The molecule has 0 aliphatic heterocycles. The molecule has 23 heavy (non-hydrogen) atoms. The van der Waals surface area contributed by atoms with Crippen LogP contribution >= 0.6 is 12.4 Å². The molecule has 0 amide bonds. The standard InChI is InChI=1S/C17H23N3O2.ClH/c1-4-11-21-15-8-5-14(6-9-15)7-10-17-19-16(20-22-17)12-13(2)18-3;/h5-10,13,18H,4,11-12H2,1-3H3;1H/b10-7+;. The number of likely N-dealkylation sites (N-methyl/N-ethyl adjacent to an activating group) is 1. The van der Waals surface area contributed by atoms with Crippen LogP contribution in [0.15, 0.2) is 28.8 Å². The van der Waals surface area contributed by atoms with Crippen LogP contribution in [-0.4, -0.2) is 29.8 Å². The van der Waals surface area contributed by atoms with Crippen molar-refractivity contribution < 1.29 is 9.26 Å². The SMILES string of the molecule is CCCOc1ccc(/C=C/c2nc(CC(C)NC)no2)cc1.Cl. The Bertz CT molecular complexity index is 596. The average molecular weight is 338 g/mol. The molecule has 126 valence electrons. The molecule has 5 nitrogen and oxygen atoms in total. The lowest BCUT2D eigenvalue weighted by molar-refractivity contribution is 0.317. The molecule has 0 aliphatic carbocycles. The Kier molecular flexibility index (Phi) is 8.37. The summed E-state index contributed by atoms with van der Waals surface area (Å²) in [5.74, 6) is 2.12. The van der Waals surface area contributed by atoms with Gasteiger partial charge in [-0.25, -0.2) is 0 Å². The first-order chi connectivity index (χ1) is 10.7. The minimum absolute atomic E-state index is 0. The van der Waals surface area contributed by atoms with Gasteiger partial charge < -0.3 is 14.6 Å². The highest BCUT2D eigenvalue weighted by atomic mass is 35.5. The fraction of sp³-hybridized carbons (Fsp3) is 0.412. The van der Waals surface area contributed by atoms with Crippen molar-refractivity contribution in [1.82, 2.24) is 15.5 Å². The van der Waals surface area contributed by atoms with Crippen molar-refractivity contribution in [3.63, 3.8) is 0 Å². The van der Waals surface area contributed by atoms with Crippen molar-refractivity contribution in [1.29, 1.82) is 0 Å². The highest BCUT2D eigenvalue weighted by Gasteiger charge is 2.07.